The maximum absolute atomic E-state index is 13.1. The molecule has 1 aromatic heterocycles. The van der Waals surface area contributed by atoms with Crippen molar-refractivity contribution in [2.24, 2.45) is 5.10 Å². The van der Waals surface area contributed by atoms with Crippen molar-refractivity contribution >= 4 is 17.8 Å². The molecule has 2 N–H and O–H groups in total. The Labute approximate surface area is 212 Å². The summed E-state index contributed by atoms with van der Waals surface area (Å²) < 4.78 is 11.0. The molecule has 10 nitrogen and oxygen atoms in total. The molecule has 0 aliphatic heterocycles. The quantitative estimate of drug-likeness (QED) is 0.201. The monoisotopic (exact) mass is 498 g/mol. The summed E-state index contributed by atoms with van der Waals surface area (Å²) in [5.74, 6) is 0.101. The molecule has 0 bridgehead atoms. The van der Waals surface area contributed by atoms with Gasteiger partial charge in [0.25, 0.3) is 11.6 Å². The smallest absolute Gasteiger partial charge is 0.287 e. The van der Waals surface area contributed by atoms with Crippen molar-refractivity contribution in [1.82, 2.24) is 10.4 Å². The number of benzene rings is 3. The first-order valence-corrected chi connectivity index (χ1v) is 11.0. The summed E-state index contributed by atoms with van der Waals surface area (Å²) in [5, 5.41) is 26.3. The summed E-state index contributed by atoms with van der Waals surface area (Å²) >= 11 is 0. The molecule has 186 valence electrons. The molecule has 37 heavy (non-hydrogen) atoms. The van der Waals surface area contributed by atoms with Gasteiger partial charge in [0.2, 0.25) is 5.88 Å². The number of amides is 1. The van der Waals surface area contributed by atoms with E-state index in [1.807, 2.05) is 0 Å². The number of carbonyl (C=O) groups excluding carboxylic acids is 1. The van der Waals surface area contributed by atoms with Crippen LogP contribution in [0.3, 0.4) is 0 Å². The lowest BCUT2D eigenvalue weighted by molar-refractivity contribution is -0.385. The number of hydrogen-bond donors (Lipinski definition) is 2. The summed E-state index contributed by atoms with van der Waals surface area (Å²) in [4.78, 5) is 27.3. The van der Waals surface area contributed by atoms with Crippen molar-refractivity contribution in [1.29, 1.82) is 0 Å². The van der Waals surface area contributed by atoms with E-state index >= 15 is 0 Å². The Morgan fingerprint density at radius 1 is 1.00 bits per heavy atom. The van der Waals surface area contributed by atoms with Crippen LogP contribution in [-0.4, -0.2) is 34.2 Å². The van der Waals surface area contributed by atoms with Crippen molar-refractivity contribution in [2.75, 3.05) is 7.11 Å². The summed E-state index contributed by atoms with van der Waals surface area (Å²) in [6.07, 6.45) is 2.49. The highest BCUT2D eigenvalue weighted by Crippen LogP contribution is 2.32. The van der Waals surface area contributed by atoms with E-state index in [0.29, 0.717) is 28.2 Å². The maximum atomic E-state index is 13.1. The first kappa shape index (κ1) is 25.0. The molecule has 1 heterocycles. The van der Waals surface area contributed by atoms with Crippen LogP contribution in [0, 0.1) is 10.1 Å². The van der Waals surface area contributed by atoms with Gasteiger partial charge in [0.1, 0.15) is 6.20 Å². The predicted molar refractivity (Wildman–Crippen MR) is 136 cm³/mol. The van der Waals surface area contributed by atoms with E-state index in [9.17, 15) is 20.0 Å². The van der Waals surface area contributed by atoms with E-state index in [2.05, 4.69) is 15.5 Å². The molecule has 0 unspecified atom stereocenters. The summed E-state index contributed by atoms with van der Waals surface area (Å²) in [6, 6.07) is 24.8. The second kappa shape index (κ2) is 11.1. The topological polar surface area (TPSA) is 136 Å². The van der Waals surface area contributed by atoms with Crippen molar-refractivity contribution in [3.05, 3.63) is 124 Å². The van der Waals surface area contributed by atoms with E-state index < -0.39 is 16.4 Å². The lowest BCUT2D eigenvalue weighted by Crippen LogP contribution is -2.43. The number of methoxy groups -OCH3 is 1. The van der Waals surface area contributed by atoms with E-state index in [0.717, 1.165) is 6.20 Å². The fourth-order valence-electron chi connectivity index (χ4n) is 3.54. The Morgan fingerprint density at radius 3 is 2.19 bits per heavy atom. The molecule has 0 atom stereocenters. The van der Waals surface area contributed by atoms with Crippen LogP contribution in [0.1, 0.15) is 16.7 Å². The van der Waals surface area contributed by atoms with Crippen molar-refractivity contribution in [2.45, 2.75) is 5.60 Å². The number of carbonyl (C=O) groups is 1. The second-order valence-corrected chi connectivity index (χ2v) is 7.77. The van der Waals surface area contributed by atoms with Crippen LogP contribution in [0.25, 0.3) is 0 Å². The van der Waals surface area contributed by atoms with Gasteiger partial charge < -0.3 is 14.6 Å². The molecule has 1 amide bonds. The number of nitro groups is 1. The Balaban J connectivity index is 1.51. The van der Waals surface area contributed by atoms with Crippen LogP contribution >= 0.6 is 0 Å². The maximum Gasteiger partial charge on any atom is 0.287 e. The van der Waals surface area contributed by atoms with Gasteiger partial charge in [-0.05, 0) is 34.9 Å². The standard InChI is InChI=1S/C27H22N4O6/c1-36-24-16-19(12-14-23(24)37-25-15-13-22(18-28-25)31(34)35)17-29-30-26(32)27(33,20-8-4-2-5-9-20)21-10-6-3-7-11-21/h2-18,33H,1H3,(H,30,32)/b29-17-. The van der Waals surface area contributed by atoms with Gasteiger partial charge in [-0.2, -0.15) is 5.10 Å². The van der Waals surface area contributed by atoms with Gasteiger partial charge in [-0.3, -0.25) is 14.9 Å². The van der Waals surface area contributed by atoms with E-state index in [1.165, 1.54) is 25.5 Å². The zero-order chi connectivity index (χ0) is 26.3. The molecule has 4 rings (SSSR count). The number of aliphatic hydroxyl groups is 1. The van der Waals surface area contributed by atoms with Gasteiger partial charge in [0.15, 0.2) is 17.1 Å². The molecule has 3 aromatic carbocycles. The SMILES string of the molecule is COc1cc(/C=N\NC(=O)C(O)(c2ccccc2)c2ccccc2)ccc1Oc1ccc([N+](=O)[O-])cn1. The number of hydrogen-bond acceptors (Lipinski definition) is 8. The fourth-order valence-corrected chi connectivity index (χ4v) is 3.54. The largest absolute Gasteiger partial charge is 0.493 e. The Hall–Kier alpha value is -5.09. The van der Waals surface area contributed by atoms with Crippen LogP contribution in [0.5, 0.6) is 17.4 Å². The first-order chi connectivity index (χ1) is 17.9. The average molecular weight is 498 g/mol. The first-order valence-electron chi connectivity index (χ1n) is 11.0. The number of pyridine rings is 1. The normalized spacial score (nSPS) is 11.2. The summed E-state index contributed by atoms with van der Waals surface area (Å²) in [7, 11) is 1.45. The van der Waals surface area contributed by atoms with Gasteiger partial charge in [0, 0.05) is 12.1 Å². The molecule has 0 saturated heterocycles. The number of nitrogens with one attached hydrogen (secondary N) is 1. The van der Waals surface area contributed by atoms with Gasteiger partial charge >= 0.3 is 0 Å². The number of ether oxygens (including phenoxy) is 2. The highest BCUT2D eigenvalue weighted by Gasteiger charge is 2.39. The lowest BCUT2D eigenvalue weighted by atomic mass is 9.85. The van der Waals surface area contributed by atoms with Gasteiger partial charge in [0.05, 0.1) is 18.2 Å². The van der Waals surface area contributed by atoms with Crippen LogP contribution < -0.4 is 14.9 Å². The average Bonchev–Trinajstić information content (AvgIpc) is 2.94. The lowest BCUT2D eigenvalue weighted by Gasteiger charge is -2.27. The second-order valence-electron chi connectivity index (χ2n) is 7.77. The van der Waals surface area contributed by atoms with Crippen molar-refractivity contribution < 1.29 is 24.3 Å². The Morgan fingerprint density at radius 2 is 1.65 bits per heavy atom. The van der Waals surface area contributed by atoms with Crippen LogP contribution in [0.2, 0.25) is 0 Å². The van der Waals surface area contributed by atoms with E-state index in [1.54, 1.807) is 78.9 Å². The van der Waals surface area contributed by atoms with Crippen LogP contribution in [-0.2, 0) is 10.4 Å². The molecule has 0 spiro atoms. The molecule has 0 radical (unpaired) electrons. The highest BCUT2D eigenvalue weighted by atomic mass is 16.6. The molecular formula is C27H22N4O6. The molecule has 10 heteroatoms. The molecule has 0 fully saturated rings. The minimum absolute atomic E-state index is 0.152. The Kier molecular flexibility index (Phi) is 7.51. The van der Waals surface area contributed by atoms with Crippen molar-refractivity contribution in [3.8, 4) is 17.4 Å². The van der Waals surface area contributed by atoms with Crippen molar-refractivity contribution in [3.63, 3.8) is 0 Å². The van der Waals surface area contributed by atoms with Gasteiger partial charge in [-0.15, -0.1) is 0 Å². The molecular weight excluding hydrogens is 476 g/mol. The third kappa shape index (κ3) is 5.60. The number of nitrogens with zero attached hydrogens (tertiary/aromatic N) is 3. The molecule has 0 saturated carbocycles. The third-order valence-corrected chi connectivity index (χ3v) is 5.43. The van der Waals surface area contributed by atoms with E-state index in [4.69, 9.17) is 9.47 Å². The molecule has 0 aliphatic carbocycles. The van der Waals surface area contributed by atoms with Crippen LogP contribution in [0.4, 0.5) is 5.69 Å². The number of hydrazone groups is 1. The molecule has 0 aliphatic rings. The predicted octanol–water partition coefficient (Wildman–Crippen LogP) is 4.18. The fraction of sp³-hybridized carbons (Fsp3) is 0.0741. The van der Waals surface area contributed by atoms with Crippen LogP contribution in [0.15, 0.2) is 102 Å². The number of aromatic nitrogens is 1. The minimum Gasteiger partial charge on any atom is -0.493 e. The van der Waals surface area contributed by atoms with Gasteiger partial charge in [-0.25, -0.2) is 10.4 Å². The number of rotatable bonds is 9. The Bertz CT molecular complexity index is 1370. The summed E-state index contributed by atoms with van der Waals surface area (Å²) in [5.41, 5.74) is 1.69. The molecule has 4 aromatic rings. The summed E-state index contributed by atoms with van der Waals surface area (Å²) in [6.45, 7) is 0. The van der Waals surface area contributed by atoms with E-state index in [-0.39, 0.29) is 11.6 Å². The minimum atomic E-state index is -1.95. The third-order valence-electron chi connectivity index (χ3n) is 5.43. The zero-order valence-electron chi connectivity index (χ0n) is 19.6. The zero-order valence-corrected chi connectivity index (χ0v) is 19.6. The highest BCUT2D eigenvalue weighted by molar-refractivity contribution is 5.91. The van der Waals surface area contributed by atoms with Gasteiger partial charge in [-0.1, -0.05) is 60.7 Å².